The molecule has 0 bridgehead atoms. The van der Waals surface area contributed by atoms with Gasteiger partial charge in [0.25, 0.3) is 0 Å². The maximum absolute atomic E-state index is 12.6. The first-order valence-electron chi connectivity index (χ1n) is 9.07. The summed E-state index contributed by atoms with van der Waals surface area (Å²) in [7, 11) is 0. The normalized spacial score (nSPS) is 15.4. The molecule has 1 unspecified atom stereocenters. The second kappa shape index (κ2) is 12.0. The number of nitrogens with zero attached hydrogens (tertiary/aromatic N) is 2. The Bertz CT molecular complexity index is 662. The number of hydrogen-bond donors (Lipinski definition) is 1. The number of benzene rings is 2. The molecule has 6 heteroatoms. The van der Waals surface area contributed by atoms with Crippen molar-refractivity contribution in [1.82, 2.24) is 9.80 Å². The molecule has 0 aromatic heterocycles. The van der Waals surface area contributed by atoms with Crippen LogP contribution >= 0.6 is 24.8 Å². The minimum absolute atomic E-state index is 0. The van der Waals surface area contributed by atoms with E-state index in [9.17, 15) is 4.79 Å². The molecule has 0 aliphatic carbocycles. The van der Waals surface area contributed by atoms with E-state index in [1.54, 1.807) is 0 Å². The van der Waals surface area contributed by atoms with E-state index >= 15 is 0 Å². The number of nitrogens with two attached hydrogens (primary N) is 1. The Morgan fingerprint density at radius 2 is 1.37 bits per heavy atom. The lowest BCUT2D eigenvalue weighted by atomic mass is 10.1. The molecule has 0 radical (unpaired) electrons. The van der Waals surface area contributed by atoms with Crippen molar-refractivity contribution in [2.24, 2.45) is 5.73 Å². The highest BCUT2D eigenvalue weighted by Gasteiger charge is 2.25. The number of piperazine rings is 1. The van der Waals surface area contributed by atoms with Crippen molar-refractivity contribution >= 4 is 30.7 Å². The topological polar surface area (TPSA) is 49.6 Å². The highest BCUT2D eigenvalue weighted by molar-refractivity contribution is 5.85. The molecule has 2 aromatic carbocycles. The zero-order chi connectivity index (χ0) is 17.5. The molecular weight excluding hydrogens is 381 g/mol. The molecule has 1 heterocycles. The molecule has 1 aliphatic heterocycles. The Morgan fingerprint density at radius 1 is 0.852 bits per heavy atom. The fourth-order valence-corrected chi connectivity index (χ4v) is 3.31. The summed E-state index contributed by atoms with van der Waals surface area (Å²) in [5, 5.41) is 0. The quantitative estimate of drug-likeness (QED) is 0.797. The largest absolute Gasteiger partial charge is 0.339 e. The summed E-state index contributed by atoms with van der Waals surface area (Å²) in [6.45, 7) is 4.45. The first-order valence-corrected chi connectivity index (χ1v) is 9.07. The van der Waals surface area contributed by atoms with Gasteiger partial charge in [0.1, 0.15) is 0 Å². The lowest BCUT2D eigenvalue weighted by molar-refractivity contribution is -0.134. The van der Waals surface area contributed by atoms with Crippen molar-refractivity contribution in [2.75, 3.05) is 32.7 Å². The van der Waals surface area contributed by atoms with Crippen LogP contribution in [0.25, 0.3) is 0 Å². The molecule has 2 N–H and O–H groups in total. The summed E-state index contributed by atoms with van der Waals surface area (Å²) in [4.78, 5) is 16.9. The fraction of sp³-hybridized carbons (Fsp3) is 0.381. The molecule has 4 nitrogen and oxygen atoms in total. The lowest BCUT2D eigenvalue weighted by Crippen LogP contribution is -2.53. The molecule has 1 aliphatic rings. The Morgan fingerprint density at radius 3 is 1.93 bits per heavy atom. The first kappa shape index (κ1) is 23.4. The van der Waals surface area contributed by atoms with Gasteiger partial charge >= 0.3 is 0 Å². The van der Waals surface area contributed by atoms with Gasteiger partial charge in [0.15, 0.2) is 0 Å². The molecule has 27 heavy (non-hydrogen) atoms. The van der Waals surface area contributed by atoms with Crippen LogP contribution in [0, 0.1) is 0 Å². The summed E-state index contributed by atoms with van der Waals surface area (Å²) in [5.41, 5.74) is 8.63. The average molecular weight is 410 g/mol. The first-order chi connectivity index (χ1) is 12.2. The molecule has 3 rings (SSSR count). The van der Waals surface area contributed by atoms with Gasteiger partial charge < -0.3 is 10.6 Å². The van der Waals surface area contributed by atoms with Crippen LogP contribution in [-0.2, 0) is 17.6 Å². The van der Waals surface area contributed by atoms with Gasteiger partial charge in [-0.15, -0.1) is 24.8 Å². The van der Waals surface area contributed by atoms with Crippen molar-refractivity contribution in [1.29, 1.82) is 0 Å². The van der Waals surface area contributed by atoms with Crippen LogP contribution < -0.4 is 5.73 Å². The maximum atomic E-state index is 12.6. The van der Waals surface area contributed by atoms with Crippen LogP contribution in [0.15, 0.2) is 60.7 Å². The highest BCUT2D eigenvalue weighted by atomic mass is 35.5. The van der Waals surface area contributed by atoms with Gasteiger partial charge in [-0.25, -0.2) is 0 Å². The fourth-order valence-electron chi connectivity index (χ4n) is 3.31. The summed E-state index contributed by atoms with van der Waals surface area (Å²) in [5.74, 6) is 0.0755. The van der Waals surface area contributed by atoms with E-state index in [2.05, 4.69) is 29.2 Å². The molecule has 0 saturated carbocycles. The lowest BCUT2D eigenvalue weighted by Gasteiger charge is -2.36. The zero-order valence-electron chi connectivity index (χ0n) is 15.5. The van der Waals surface area contributed by atoms with E-state index in [1.165, 1.54) is 5.56 Å². The van der Waals surface area contributed by atoms with Gasteiger partial charge in [-0.3, -0.25) is 9.69 Å². The van der Waals surface area contributed by atoms with Gasteiger partial charge in [0, 0.05) is 32.7 Å². The second-order valence-corrected chi connectivity index (χ2v) is 6.70. The van der Waals surface area contributed by atoms with Crippen molar-refractivity contribution < 1.29 is 4.79 Å². The molecule has 2 aromatic rings. The average Bonchev–Trinajstić information content (AvgIpc) is 2.68. The Kier molecular flexibility index (Phi) is 10.4. The van der Waals surface area contributed by atoms with Crippen molar-refractivity contribution in [2.45, 2.75) is 18.9 Å². The summed E-state index contributed by atoms with van der Waals surface area (Å²) in [6.07, 6.45) is 1.66. The van der Waals surface area contributed by atoms with Crippen molar-refractivity contribution in [3.63, 3.8) is 0 Å². The summed E-state index contributed by atoms with van der Waals surface area (Å²) in [6, 6.07) is 20.1. The molecule has 1 amide bonds. The Hall–Kier alpha value is -1.59. The number of rotatable bonds is 6. The third kappa shape index (κ3) is 7.15. The van der Waals surface area contributed by atoms with Crippen LogP contribution in [0.5, 0.6) is 0 Å². The molecule has 0 spiro atoms. The van der Waals surface area contributed by atoms with E-state index < -0.39 is 6.04 Å². The van der Waals surface area contributed by atoms with Gasteiger partial charge in [-0.1, -0.05) is 60.7 Å². The SMILES string of the molecule is Cl.Cl.NC(Cc1ccccc1)C(=O)N1CCN(CCc2ccccc2)CC1. The van der Waals surface area contributed by atoms with Gasteiger partial charge in [-0.05, 0) is 24.0 Å². The number of hydrogen-bond acceptors (Lipinski definition) is 3. The zero-order valence-corrected chi connectivity index (χ0v) is 17.1. The van der Waals surface area contributed by atoms with Crippen LogP contribution in [0.4, 0.5) is 0 Å². The van der Waals surface area contributed by atoms with Crippen LogP contribution in [0.1, 0.15) is 11.1 Å². The highest BCUT2D eigenvalue weighted by Crippen LogP contribution is 2.09. The van der Waals surface area contributed by atoms with E-state index in [4.69, 9.17) is 5.73 Å². The maximum Gasteiger partial charge on any atom is 0.239 e. The third-order valence-electron chi connectivity index (χ3n) is 4.86. The molecule has 1 fully saturated rings. The van der Waals surface area contributed by atoms with Gasteiger partial charge in [0.05, 0.1) is 6.04 Å². The van der Waals surface area contributed by atoms with Crippen molar-refractivity contribution in [3.8, 4) is 0 Å². The number of halogens is 2. The Labute approximate surface area is 174 Å². The predicted molar refractivity (Wildman–Crippen MR) is 116 cm³/mol. The molecule has 1 atom stereocenters. The van der Waals surface area contributed by atoms with E-state index in [1.807, 2.05) is 41.3 Å². The second-order valence-electron chi connectivity index (χ2n) is 6.70. The number of carbonyl (C=O) groups is 1. The smallest absolute Gasteiger partial charge is 0.239 e. The number of carbonyl (C=O) groups excluding carboxylic acids is 1. The van der Waals surface area contributed by atoms with Crippen LogP contribution in [0.2, 0.25) is 0 Å². The molecule has 1 saturated heterocycles. The van der Waals surface area contributed by atoms with E-state index in [0.717, 1.165) is 44.7 Å². The number of amides is 1. The monoisotopic (exact) mass is 409 g/mol. The standard InChI is InChI=1S/C21H27N3O.2ClH/c22-20(17-19-9-5-2-6-10-19)21(25)24-15-13-23(14-16-24)12-11-18-7-3-1-4-8-18;;/h1-10,20H,11-17,22H2;2*1H. The summed E-state index contributed by atoms with van der Waals surface area (Å²) < 4.78 is 0. The van der Waals surface area contributed by atoms with Gasteiger partial charge in [0.2, 0.25) is 5.91 Å². The minimum atomic E-state index is -0.446. The minimum Gasteiger partial charge on any atom is -0.339 e. The van der Waals surface area contributed by atoms with Crippen LogP contribution in [0.3, 0.4) is 0 Å². The van der Waals surface area contributed by atoms with Gasteiger partial charge in [-0.2, -0.15) is 0 Å². The summed E-state index contributed by atoms with van der Waals surface area (Å²) >= 11 is 0. The van der Waals surface area contributed by atoms with E-state index in [0.29, 0.717) is 6.42 Å². The molecule has 148 valence electrons. The van der Waals surface area contributed by atoms with Crippen molar-refractivity contribution in [3.05, 3.63) is 71.8 Å². The van der Waals surface area contributed by atoms with Crippen LogP contribution in [-0.4, -0.2) is 54.5 Å². The Balaban J connectivity index is 0.00000182. The molecular formula is C21H29Cl2N3O. The predicted octanol–water partition coefficient (Wildman–Crippen LogP) is 2.79. The van der Waals surface area contributed by atoms with E-state index in [-0.39, 0.29) is 30.7 Å². The third-order valence-corrected chi connectivity index (χ3v) is 4.86.